The second-order valence-electron chi connectivity index (χ2n) is 3.44. The molecule has 0 aliphatic carbocycles. The second kappa shape index (κ2) is 6.46. The van der Waals surface area contributed by atoms with Gasteiger partial charge in [-0.15, -0.1) is 11.6 Å². The van der Waals surface area contributed by atoms with Crippen molar-refractivity contribution < 1.29 is 9.50 Å². The molecule has 0 heterocycles. The maximum atomic E-state index is 12.9. The van der Waals surface area contributed by atoms with Gasteiger partial charge in [0.25, 0.3) is 0 Å². The lowest BCUT2D eigenvalue weighted by Crippen LogP contribution is -2.10. The number of hydrogen-bond acceptors (Lipinski definition) is 1. The van der Waals surface area contributed by atoms with Crippen LogP contribution in [0.15, 0.2) is 22.7 Å². The minimum Gasteiger partial charge on any atom is -0.393 e. The van der Waals surface area contributed by atoms with Crippen LogP contribution in [0.2, 0.25) is 0 Å². The first-order valence-electron chi connectivity index (χ1n) is 4.81. The van der Waals surface area contributed by atoms with E-state index in [1.807, 2.05) is 0 Å². The number of alkyl halides is 1. The molecule has 0 fully saturated rings. The molecule has 0 aliphatic rings. The third-order valence-electron chi connectivity index (χ3n) is 2.13. The number of aliphatic hydroxyl groups excluding tert-OH is 1. The van der Waals surface area contributed by atoms with Gasteiger partial charge in [-0.1, -0.05) is 6.07 Å². The Hall–Kier alpha value is -0.120. The quantitative estimate of drug-likeness (QED) is 0.824. The molecule has 0 aromatic heterocycles. The maximum absolute atomic E-state index is 12.9. The van der Waals surface area contributed by atoms with Gasteiger partial charge in [0, 0.05) is 5.88 Å². The summed E-state index contributed by atoms with van der Waals surface area (Å²) in [6.45, 7) is 0. The lowest BCUT2D eigenvalue weighted by molar-refractivity contribution is 0.164. The van der Waals surface area contributed by atoms with Crippen molar-refractivity contribution in [2.75, 3.05) is 5.88 Å². The molecule has 1 aromatic rings. The van der Waals surface area contributed by atoms with Crippen molar-refractivity contribution in [1.29, 1.82) is 0 Å². The molecule has 0 bridgehead atoms. The van der Waals surface area contributed by atoms with Crippen LogP contribution in [0.3, 0.4) is 0 Å². The fraction of sp³-hybridized carbons (Fsp3) is 0.455. The average Bonchev–Trinajstić information content (AvgIpc) is 2.20. The van der Waals surface area contributed by atoms with Gasteiger partial charge in [-0.2, -0.15) is 0 Å². The summed E-state index contributed by atoms with van der Waals surface area (Å²) in [5, 5.41) is 9.63. The molecule has 4 heteroatoms. The van der Waals surface area contributed by atoms with Crippen LogP contribution in [-0.2, 0) is 6.42 Å². The van der Waals surface area contributed by atoms with Gasteiger partial charge in [0.15, 0.2) is 0 Å². The Morgan fingerprint density at radius 1 is 1.47 bits per heavy atom. The number of aliphatic hydroxyl groups is 1. The van der Waals surface area contributed by atoms with E-state index in [1.165, 1.54) is 6.07 Å². The highest BCUT2D eigenvalue weighted by Crippen LogP contribution is 2.18. The van der Waals surface area contributed by atoms with Gasteiger partial charge >= 0.3 is 0 Å². The first-order valence-corrected chi connectivity index (χ1v) is 6.14. The molecule has 1 N–H and O–H groups in total. The van der Waals surface area contributed by atoms with Gasteiger partial charge in [-0.25, -0.2) is 4.39 Å². The summed E-state index contributed by atoms with van der Waals surface area (Å²) < 4.78 is 13.3. The third-order valence-corrected chi connectivity index (χ3v) is 3.00. The predicted octanol–water partition coefficient (Wildman–Crippen LogP) is 3.51. The fourth-order valence-electron chi connectivity index (χ4n) is 1.35. The maximum Gasteiger partial charge on any atom is 0.137 e. The topological polar surface area (TPSA) is 20.2 Å². The van der Waals surface area contributed by atoms with Crippen LogP contribution in [0.1, 0.15) is 18.4 Å². The minimum atomic E-state index is -0.402. The molecule has 1 aromatic carbocycles. The highest BCUT2D eigenvalue weighted by molar-refractivity contribution is 9.10. The normalized spacial score (nSPS) is 12.8. The number of benzene rings is 1. The molecule has 0 radical (unpaired) electrons. The lowest BCUT2D eigenvalue weighted by Gasteiger charge is -2.09. The summed E-state index contributed by atoms with van der Waals surface area (Å²) in [5.41, 5.74) is 0.922. The molecule has 0 aliphatic heterocycles. The summed E-state index contributed by atoms with van der Waals surface area (Å²) in [5.74, 6) is 0.276. The molecular formula is C11H13BrClFO. The first kappa shape index (κ1) is 12.9. The van der Waals surface area contributed by atoms with E-state index in [1.54, 1.807) is 12.1 Å². The highest BCUT2D eigenvalue weighted by Gasteiger charge is 2.07. The molecule has 1 rings (SSSR count). The van der Waals surface area contributed by atoms with Crippen molar-refractivity contribution in [1.82, 2.24) is 0 Å². The van der Waals surface area contributed by atoms with Gasteiger partial charge in [0.05, 0.1) is 10.6 Å². The predicted molar refractivity (Wildman–Crippen MR) is 63.8 cm³/mol. The first-order chi connectivity index (χ1) is 7.13. The van der Waals surface area contributed by atoms with Crippen molar-refractivity contribution in [3.05, 3.63) is 34.1 Å². The average molecular weight is 296 g/mol. The van der Waals surface area contributed by atoms with E-state index in [4.69, 9.17) is 11.6 Å². The van der Waals surface area contributed by atoms with E-state index in [0.29, 0.717) is 23.2 Å². The van der Waals surface area contributed by atoms with Crippen LogP contribution in [-0.4, -0.2) is 17.1 Å². The zero-order valence-electron chi connectivity index (χ0n) is 8.22. The van der Waals surface area contributed by atoms with Crippen LogP contribution in [0.4, 0.5) is 4.39 Å². The molecule has 1 nitrogen and oxygen atoms in total. The Balaban J connectivity index is 2.53. The number of rotatable bonds is 5. The number of halogens is 3. The smallest absolute Gasteiger partial charge is 0.137 e. The summed E-state index contributed by atoms with van der Waals surface area (Å²) >= 11 is 8.64. The molecule has 84 valence electrons. The second-order valence-corrected chi connectivity index (χ2v) is 4.67. The van der Waals surface area contributed by atoms with Crippen LogP contribution in [0, 0.1) is 5.82 Å². The highest BCUT2D eigenvalue weighted by atomic mass is 79.9. The van der Waals surface area contributed by atoms with Gasteiger partial charge in [-0.3, -0.25) is 0 Å². The summed E-state index contributed by atoms with van der Waals surface area (Å²) in [6.07, 6.45) is 1.61. The number of hydrogen-bond donors (Lipinski definition) is 1. The van der Waals surface area contributed by atoms with E-state index >= 15 is 0 Å². The largest absolute Gasteiger partial charge is 0.393 e. The molecule has 0 spiro atoms. The zero-order valence-corrected chi connectivity index (χ0v) is 10.6. The van der Waals surface area contributed by atoms with Crippen molar-refractivity contribution in [2.45, 2.75) is 25.4 Å². The molecule has 0 amide bonds. The molecule has 0 saturated heterocycles. The van der Waals surface area contributed by atoms with E-state index < -0.39 is 6.10 Å². The van der Waals surface area contributed by atoms with Crippen molar-refractivity contribution in [3.63, 3.8) is 0 Å². The lowest BCUT2D eigenvalue weighted by atomic mass is 10.0. The Kier molecular flexibility index (Phi) is 5.58. The van der Waals surface area contributed by atoms with Crippen molar-refractivity contribution in [2.24, 2.45) is 0 Å². The van der Waals surface area contributed by atoms with Crippen molar-refractivity contribution >= 4 is 27.5 Å². The van der Waals surface area contributed by atoms with E-state index in [0.717, 1.165) is 12.0 Å². The fourth-order valence-corrected chi connectivity index (χ4v) is 1.93. The zero-order chi connectivity index (χ0) is 11.3. The molecule has 1 atom stereocenters. The van der Waals surface area contributed by atoms with Gasteiger partial charge in [0.1, 0.15) is 5.82 Å². The standard InChI is InChI=1S/C11H13BrClFO/c12-10-7-8(3-4-11(10)14)6-9(15)2-1-5-13/h3-4,7,9,15H,1-2,5-6H2. The van der Waals surface area contributed by atoms with E-state index in [2.05, 4.69) is 15.9 Å². The van der Waals surface area contributed by atoms with E-state index in [9.17, 15) is 9.50 Å². The van der Waals surface area contributed by atoms with Crippen LogP contribution in [0.5, 0.6) is 0 Å². The summed E-state index contributed by atoms with van der Waals surface area (Å²) in [6, 6.07) is 4.77. The molecule has 0 saturated carbocycles. The third kappa shape index (κ3) is 4.49. The molecular weight excluding hydrogens is 282 g/mol. The van der Waals surface area contributed by atoms with Crippen LogP contribution >= 0.6 is 27.5 Å². The SMILES string of the molecule is OC(CCCCl)Cc1ccc(F)c(Br)c1. The van der Waals surface area contributed by atoms with Crippen molar-refractivity contribution in [3.8, 4) is 0 Å². The summed E-state index contributed by atoms with van der Waals surface area (Å²) in [4.78, 5) is 0. The van der Waals surface area contributed by atoms with Gasteiger partial charge < -0.3 is 5.11 Å². The van der Waals surface area contributed by atoms with Crippen LogP contribution in [0.25, 0.3) is 0 Å². The molecule has 1 unspecified atom stereocenters. The Bertz CT molecular complexity index is 319. The van der Waals surface area contributed by atoms with E-state index in [-0.39, 0.29) is 5.82 Å². The van der Waals surface area contributed by atoms with Gasteiger partial charge in [0.2, 0.25) is 0 Å². The van der Waals surface area contributed by atoms with Gasteiger partial charge in [-0.05, 0) is 52.9 Å². The monoisotopic (exact) mass is 294 g/mol. The Morgan fingerprint density at radius 2 is 2.20 bits per heavy atom. The van der Waals surface area contributed by atoms with Crippen LogP contribution < -0.4 is 0 Å². The summed E-state index contributed by atoms with van der Waals surface area (Å²) in [7, 11) is 0. The Labute approximate surface area is 102 Å². The minimum absolute atomic E-state index is 0.283. The molecule has 15 heavy (non-hydrogen) atoms. The Morgan fingerprint density at radius 3 is 2.80 bits per heavy atom.